The van der Waals surface area contributed by atoms with Crippen LogP contribution in [0.3, 0.4) is 0 Å². The summed E-state index contributed by atoms with van der Waals surface area (Å²) in [5, 5.41) is 0. The molecule has 0 spiro atoms. The Morgan fingerprint density at radius 3 is 2.53 bits per heavy atom. The van der Waals surface area contributed by atoms with E-state index in [0.717, 1.165) is 11.3 Å². The lowest BCUT2D eigenvalue weighted by molar-refractivity contribution is -0.164. The maximum Gasteiger partial charge on any atom is 0.169 e. The maximum atomic E-state index is 11.9. The molecule has 82 valence electrons. The molecule has 0 radical (unpaired) electrons. The van der Waals surface area contributed by atoms with E-state index in [9.17, 15) is 4.21 Å². The van der Waals surface area contributed by atoms with Crippen molar-refractivity contribution in [3.63, 3.8) is 0 Å². The lowest BCUT2D eigenvalue weighted by Gasteiger charge is -2.22. The molecule has 0 bridgehead atoms. The maximum absolute atomic E-state index is 11.9. The van der Waals surface area contributed by atoms with E-state index in [2.05, 4.69) is 0 Å². The van der Waals surface area contributed by atoms with Gasteiger partial charge in [0.05, 0.1) is 29.8 Å². The summed E-state index contributed by atoms with van der Waals surface area (Å²) in [4.78, 5) is 0.829. The molecule has 1 heterocycles. The van der Waals surface area contributed by atoms with Gasteiger partial charge >= 0.3 is 0 Å². The van der Waals surface area contributed by atoms with Crippen molar-refractivity contribution in [2.75, 3.05) is 19.0 Å². The van der Waals surface area contributed by atoms with Gasteiger partial charge in [-0.2, -0.15) is 0 Å². The third-order valence-corrected chi connectivity index (χ3v) is 3.56. The SMILES string of the molecule is O=S(CC1OCCCO1)c1ccccc1. The molecule has 1 fully saturated rings. The van der Waals surface area contributed by atoms with Gasteiger partial charge < -0.3 is 9.47 Å². The second-order valence-electron chi connectivity index (χ2n) is 3.35. The quantitative estimate of drug-likeness (QED) is 0.784. The molecular weight excluding hydrogens is 212 g/mol. The van der Waals surface area contributed by atoms with Crippen LogP contribution in [0.1, 0.15) is 6.42 Å². The standard InChI is InChI=1S/C11H14O3S/c12-15(10-5-2-1-3-6-10)9-11-13-7-4-8-14-11/h1-3,5-6,11H,4,7-9H2. The summed E-state index contributed by atoms with van der Waals surface area (Å²) in [6.45, 7) is 1.41. The van der Waals surface area contributed by atoms with Gasteiger partial charge in [-0.25, -0.2) is 0 Å². The van der Waals surface area contributed by atoms with Gasteiger partial charge in [0.15, 0.2) is 6.29 Å². The molecule has 1 unspecified atom stereocenters. The minimum Gasteiger partial charge on any atom is -0.352 e. The average molecular weight is 226 g/mol. The molecule has 0 N–H and O–H groups in total. The Balaban J connectivity index is 1.91. The second kappa shape index (κ2) is 5.39. The summed E-state index contributed by atoms with van der Waals surface area (Å²) in [7, 11) is -1.03. The van der Waals surface area contributed by atoms with Crippen molar-refractivity contribution in [1.29, 1.82) is 0 Å². The molecule has 2 rings (SSSR count). The highest BCUT2D eigenvalue weighted by molar-refractivity contribution is 7.85. The third-order valence-electron chi connectivity index (χ3n) is 2.19. The van der Waals surface area contributed by atoms with E-state index < -0.39 is 10.8 Å². The molecule has 0 aliphatic carbocycles. The zero-order valence-electron chi connectivity index (χ0n) is 8.43. The Morgan fingerprint density at radius 1 is 1.20 bits per heavy atom. The van der Waals surface area contributed by atoms with Gasteiger partial charge in [0.25, 0.3) is 0 Å². The van der Waals surface area contributed by atoms with E-state index in [-0.39, 0.29) is 6.29 Å². The first-order chi connectivity index (χ1) is 7.36. The first kappa shape index (κ1) is 10.8. The molecule has 0 amide bonds. The van der Waals surface area contributed by atoms with Crippen molar-refractivity contribution in [3.8, 4) is 0 Å². The fourth-order valence-electron chi connectivity index (χ4n) is 1.42. The lowest BCUT2D eigenvalue weighted by atomic mass is 10.4. The van der Waals surface area contributed by atoms with Crippen molar-refractivity contribution in [3.05, 3.63) is 30.3 Å². The summed E-state index contributed by atoms with van der Waals surface area (Å²) in [5.74, 6) is 0.421. The number of ether oxygens (including phenoxy) is 2. The van der Waals surface area contributed by atoms with E-state index >= 15 is 0 Å². The Hall–Kier alpha value is -0.710. The van der Waals surface area contributed by atoms with Crippen LogP contribution in [0.4, 0.5) is 0 Å². The van der Waals surface area contributed by atoms with Gasteiger partial charge in [0.1, 0.15) is 0 Å². The van der Waals surface area contributed by atoms with Crippen LogP contribution in [0, 0.1) is 0 Å². The van der Waals surface area contributed by atoms with Crippen LogP contribution < -0.4 is 0 Å². The van der Waals surface area contributed by atoms with E-state index in [1.807, 2.05) is 30.3 Å². The van der Waals surface area contributed by atoms with Crippen LogP contribution >= 0.6 is 0 Å². The molecule has 1 saturated heterocycles. The van der Waals surface area contributed by atoms with E-state index in [0.29, 0.717) is 19.0 Å². The van der Waals surface area contributed by atoms with Gasteiger partial charge in [-0.05, 0) is 18.6 Å². The highest BCUT2D eigenvalue weighted by Gasteiger charge is 2.17. The first-order valence-corrected chi connectivity index (χ1v) is 6.35. The van der Waals surface area contributed by atoms with Gasteiger partial charge in [-0.15, -0.1) is 0 Å². The molecule has 3 nitrogen and oxygen atoms in total. The number of rotatable bonds is 3. The molecule has 0 saturated carbocycles. The summed E-state index contributed by atoms with van der Waals surface area (Å²) in [5.41, 5.74) is 0. The van der Waals surface area contributed by atoms with Crippen LogP contribution in [-0.2, 0) is 20.3 Å². The smallest absolute Gasteiger partial charge is 0.169 e. The highest BCUT2D eigenvalue weighted by atomic mass is 32.2. The van der Waals surface area contributed by atoms with Gasteiger partial charge in [-0.1, -0.05) is 18.2 Å². The van der Waals surface area contributed by atoms with Crippen molar-refractivity contribution in [2.24, 2.45) is 0 Å². The van der Waals surface area contributed by atoms with Gasteiger partial charge in [0, 0.05) is 4.90 Å². The van der Waals surface area contributed by atoms with Gasteiger partial charge in [0.2, 0.25) is 0 Å². The minimum absolute atomic E-state index is 0.306. The molecule has 1 atom stereocenters. The first-order valence-electron chi connectivity index (χ1n) is 5.03. The molecule has 1 aromatic rings. The Labute approximate surface area is 91.9 Å². The van der Waals surface area contributed by atoms with E-state index in [4.69, 9.17) is 9.47 Å². The molecule has 4 heteroatoms. The van der Waals surface area contributed by atoms with Crippen LogP contribution in [-0.4, -0.2) is 29.5 Å². The van der Waals surface area contributed by atoms with Gasteiger partial charge in [-0.3, -0.25) is 4.21 Å². The summed E-state index contributed by atoms with van der Waals surface area (Å²) < 4.78 is 22.6. The lowest BCUT2D eigenvalue weighted by Crippen LogP contribution is -2.29. The molecule has 0 aromatic heterocycles. The van der Waals surface area contributed by atoms with Crippen LogP contribution in [0.5, 0.6) is 0 Å². The Bertz CT molecular complexity index is 320. The van der Waals surface area contributed by atoms with E-state index in [1.54, 1.807) is 0 Å². The minimum atomic E-state index is -1.03. The zero-order valence-corrected chi connectivity index (χ0v) is 9.24. The fourth-order valence-corrected chi connectivity index (χ4v) is 2.52. The second-order valence-corrected chi connectivity index (χ2v) is 4.85. The van der Waals surface area contributed by atoms with Crippen molar-refractivity contribution < 1.29 is 13.7 Å². The zero-order chi connectivity index (χ0) is 10.5. The number of benzene rings is 1. The summed E-state index contributed by atoms with van der Waals surface area (Å²) in [6.07, 6.45) is 0.619. The van der Waals surface area contributed by atoms with Crippen molar-refractivity contribution in [2.45, 2.75) is 17.6 Å². The largest absolute Gasteiger partial charge is 0.352 e. The normalized spacial score (nSPS) is 20.0. The fraction of sp³-hybridized carbons (Fsp3) is 0.455. The Kier molecular flexibility index (Phi) is 3.88. The monoisotopic (exact) mass is 226 g/mol. The number of hydrogen-bond donors (Lipinski definition) is 0. The summed E-state index contributed by atoms with van der Waals surface area (Å²) >= 11 is 0. The third kappa shape index (κ3) is 3.12. The predicted molar refractivity (Wildman–Crippen MR) is 58.0 cm³/mol. The summed E-state index contributed by atoms with van der Waals surface area (Å²) in [6, 6.07) is 9.40. The van der Waals surface area contributed by atoms with E-state index in [1.165, 1.54) is 0 Å². The number of hydrogen-bond acceptors (Lipinski definition) is 3. The Morgan fingerprint density at radius 2 is 1.87 bits per heavy atom. The molecule has 15 heavy (non-hydrogen) atoms. The topological polar surface area (TPSA) is 35.5 Å². The molecule has 1 aliphatic heterocycles. The predicted octanol–water partition coefficient (Wildman–Crippen LogP) is 1.56. The van der Waals surface area contributed by atoms with Crippen LogP contribution in [0.15, 0.2) is 35.2 Å². The average Bonchev–Trinajstić information content (AvgIpc) is 2.31. The van der Waals surface area contributed by atoms with Crippen LogP contribution in [0.25, 0.3) is 0 Å². The molecular formula is C11H14O3S. The van der Waals surface area contributed by atoms with Crippen molar-refractivity contribution >= 4 is 10.8 Å². The van der Waals surface area contributed by atoms with Crippen LogP contribution in [0.2, 0.25) is 0 Å². The highest BCUT2D eigenvalue weighted by Crippen LogP contribution is 2.11. The van der Waals surface area contributed by atoms with Crippen molar-refractivity contribution in [1.82, 2.24) is 0 Å². The molecule has 1 aliphatic rings. The molecule has 1 aromatic carbocycles.